The molecule has 0 saturated carbocycles. The second kappa shape index (κ2) is 7.67. The molecule has 1 rings (SSSR count). The van der Waals surface area contributed by atoms with Gasteiger partial charge in [0.25, 0.3) is 0 Å². The van der Waals surface area contributed by atoms with Crippen LogP contribution in [0.3, 0.4) is 0 Å². The summed E-state index contributed by atoms with van der Waals surface area (Å²) >= 11 is 0. The van der Waals surface area contributed by atoms with Crippen molar-refractivity contribution in [3.8, 4) is 5.88 Å². The smallest absolute Gasteiger partial charge is 0.303 e. The van der Waals surface area contributed by atoms with Gasteiger partial charge < -0.3 is 14.7 Å². The molecule has 1 heterocycles. The number of aliphatic carboxylic acids is 1. The molecule has 0 aromatic carbocycles. The Kier molecular flexibility index (Phi) is 6.21. The lowest BCUT2D eigenvalue weighted by atomic mass is 10.2. The highest BCUT2D eigenvalue weighted by Gasteiger charge is 2.17. The number of anilines is 1. The van der Waals surface area contributed by atoms with E-state index in [9.17, 15) is 4.79 Å². The van der Waals surface area contributed by atoms with Crippen molar-refractivity contribution in [2.75, 3.05) is 18.1 Å². The van der Waals surface area contributed by atoms with Crippen LogP contribution in [0.1, 0.15) is 39.2 Å². The van der Waals surface area contributed by atoms with E-state index in [1.54, 1.807) is 0 Å². The molecular weight excluding hydrogens is 258 g/mol. The number of ether oxygens (including phenoxy) is 1. The molecule has 0 bridgehead atoms. The van der Waals surface area contributed by atoms with Crippen LogP contribution in [0.5, 0.6) is 5.88 Å². The Labute approximate surface area is 119 Å². The van der Waals surface area contributed by atoms with Crippen molar-refractivity contribution >= 4 is 11.8 Å². The van der Waals surface area contributed by atoms with Crippen LogP contribution < -0.4 is 9.64 Å². The van der Waals surface area contributed by atoms with Gasteiger partial charge in [-0.2, -0.15) is 0 Å². The maximum absolute atomic E-state index is 10.6. The monoisotopic (exact) mass is 281 g/mol. The largest absolute Gasteiger partial charge is 0.481 e. The van der Waals surface area contributed by atoms with Gasteiger partial charge in [-0.3, -0.25) is 4.79 Å². The van der Waals surface area contributed by atoms with E-state index in [1.165, 1.54) is 6.33 Å². The normalized spacial score (nSPS) is 10.7. The van der Waals surface area contributed by atoms with E-state index in [0.29, 0.717) is 25.5 Å². The van der Waals surface area contributed by atoms with Crippen LogP contribution in [0.15, 0.2) is 6.33 Å². The quantitative estimate of drug-likeness (QED) is 0.787. The van der Waals surface area contributed by atoms with Gasteiger partial charge in [0.2, 0.25) is 5.88 Å². The van der Waals surface area contributed by atoms with Crippen molar-refractivity contribution in [1.29, 1.82) is 0 Å². The summed E-state index contributed by atoms with van der Waals surface area (Å²) in [6.07, 6.45) is 2.23. The van der Waals surface area contributed by atoms with Gasteiger partial charge in [0, 0.05) is 19.0 Å². The van der Waals surface area contributed by atoms with Crippen molar-refractivity contribution in [2.45, 2.75) is 46.6 Å². The lowest BCUT2D eigenvalue weighted by molar-refractivity contribution is -0.137. The zero-order valence-corrected chi connectivity index (χ0v) is 12.6. The second-order valence-electron chi connectivity index (χ2n) is 4.84. The predicted molar refractivity (Wildman–Crippen MR) is 77.3 cm³/mol. The first kappa shape index (κ1) is 16.2. The van der Waals surface area contributed by atoms with Gasteiger partial charge in [0.15, 0.2) is 0 Å². The first-order valence-corrected chi connectivity index (χ1v) is 6.90. The SMILES string of the molecule is CCOc1ncnc(N(CCCC(=O)O)C(C)C)c1C. The Hall–Kier alpha value is -1.85. The van der Waals surface area contributed by atoms with Crippen LogP contribution >= 0.6 is 0 Å². The molecule has 1 aromatic rings. The van der Waals surface area contributed by atoms with Gasteiger partial charge in [-0.1, -0.05) is 0 Å². The zero-order valence-electron chi connectivity index (χ0n) is 12.6. The molecule has 20 heavy (non-hydrogen) atoms. The number of hydrogen-bond donors (Lipinski definition) is 1. The molecule has 1 aromatic heterocycles. The Balaban J connectivity index is 2.91. The molecule has 112 valence electrons. The summed E-state index contributed by atoms with van der Waals surface area (Å²) in [6, 6.07) is 0.229. The number of carboxylic acid groups (broad SMARTS) is 1. The zero-order chi connectivity index (χ0) is 15.1. The lowest BCUT2D eigenvalue weighted by Gasteiger charge is -2.29. The van der Waals surface area contributed by atoms with Gasteiger partial charge in [-0.15, -0.1) is 0 Å². The molecule has 0 unspecified atom stereocenters. The highest BCUT2D eigenvalue weighted by molar-refractivity contribution is 5.66. The number of aromatic nitrogens is 2. The summed E-state index contributed by atoms with van der Waals surface area (Å²) in [5.74, 6) is 0.619. The van der Waals surface area contributed by atoms with Gasteiger partial charge in [-0.05, 0) is 34.1 Å². The summed E-state index contributed by atoms with van der Waals surface area (Å²) in [6.45, 7) is 9.15. The van der Waals surface area contributed by atoms with Crippen molar-refractivity contribution in [2.24, 2.45) is 0 Å². The Bertz CT molecular complexity index is 449. The minimum atomic E-state index is -0.775. The molecule has 0 spiro atoms. The number of carboxylic acids is 1. The second-order valence-corrected chi connectivity index (χ2v) is 4.84. The summed E-state index contributed by atoms with van der Waals surface area (Å²) < 4.78 is 5.48. The standard InChI is InChI=1S/C14H23N3O3/c1-5-20-14-11(4)13(15-9-16-14)17(10(2)3)8-6-7-12(18)19/h9-10H,5-8H2,1-4H3,(H,18,19). The van der Waals surface area contributed by atoms with E-state index < -0.39 is 5.97 Å². The number of hydrogen-bond acceptors (Lipinski definition) is 5. The van der Waals surface area contributed by atoms with E-state index in [1.807, 2.05) is 13.8 Å². The van der Waals surface area contributed by atoms with Gasteiger partial charge >= 0.3 is 5.97 Å². The summed E-state index contributed by atoms with van der Waals surface area (Å²) in [5.41, 5.74) is 0.887. The number of nitrogens with zero attached hydrogens (tertiary/aromatic N) is 3. The average molecular weight is 281 g/mol. The van der Waals surface area contributed by atoms with E-state index in [0.717, 1.165) is 11.4 Å². The molecular formula is C14H23N3O3. The Morgan fingerprint density at radius 1 is 1.45 bits per heavy atom. The predicted octanol–water partition coefficient (Wildman–Crippen LogP) is 2.26. The Morgan fingerprint density at radius 3 is 2.70 bits per heavy atom. The van der Waals surface area contributed by atoms with Gasteiger partial charge in [-0.25, -0.2) is 9.97 Å². The summed E-state index contributed by atoms with van der Waals surface area (Å²) in [4.78, 5) is 21.2. The van der Waals surface area contributed by atoms with Gasteiger partial charge in [0.1, 0.15) is 12.1 Å². The maximum atomic E-state index is 10.6. The maximum Gasteiger partial charge on any atom is 0.303 e. The first-order valence-electron chi connectivity index (χ1n) is 6.90. The fraction of sp³-hybridized carbons (Fsp3) is 0.643. The molecule has 0 atom stereocenters. The van der Waals surface area contributed by atoms with E-state index in [2.05, 4.69) is 28.7 Å². The van der Waals surface area contributed by atoms with Crippen molar-refractivity contribution in [3.05, 3.63) is 11.9 Å². The van der Waals surface area contributed by atoms with E-state index in [4.69, 9.17) is 9.84 Å². The molecule has 0 radical (unpaired) electrons. The highest BCUT2D eigenvalue weighted by Crippen LogP contribution is 2.25. The van der Waals surface area contributed by atoms with E-state index in [-0.39, 0.29) is 12.5 Å². The number of rotatable bonds is 8. The minimum absolute atomic E-state index is 0.158. The molecule has 1 N–H and O–H groups in total. The van der Waals surface area contributed by atoms with Crippen molar-refractivity contribution in [3.63, 3.8) is 0 Å². The van der Waals surface area contributed by atoms with E-state index >= 15 is 0 Å². The summed E-state index contributed by atoms with van der Waals surface area (Å²) in [7, 11) is 0. The molecule has 0 aliphatic rings. The minimum Gasteiger partial charge on any atom is -0.481 e. The number of carbonyl (C=O) groups is 1. The molecule has 6 heteroatoms. The molecule has 0 aliphatic heterocycles. The molecule has 0 fully saturated rings. The van der Waals surface area contributed by atoms with Crippen LogP contribution in [0.25, 0.3) is 0 Å². The van der Waals surface area contributed by atoms with Crippen molar-refractivity contribution < 1.29 is 14.6 Å². The molecule has 0 saturated heterocycles. The Morgan fingerprint density at radius 2 is 2.15 bits per heavy atom. The third-order valence-corrected chi connectivity index (χ3v) is 2.98. The third kappa shape index (κ3) is 4.36. The van der Waals surface area contributed by atoms with Crippen LogP contribution in [-0.2, 0) is 4.79 Å². The van der Waals surface area contributed by atoms with Crippen LogP contribution in [0, 0.1) is 6.92 Å². The first-order chi connectivity index (χ1) is 9.47. The third-order valence-electron chi connectivity index (χ3n) is 2.98. The fourth-order valence-corrected chi connectivity index (χ4v) is 2.01. The average Bonchev–Trinajstić information content (AvgIpc) is 2.37. The fourth-order valence-electron chi connectivity index (χ4n) is 2.01. The molecule has 0 aliphatic carbocycles. The highest BCUT2D eigenvalue weighted by atomic mass is 16.5. The van der Waals surface area contributed by atoms with Crippen molar-refractivity contribution in [1.82, 2.24) is 9.97 Å². The molecule has 6 nitrogen and oxygen atoms in total. The molecule has 0 amide bonds. The lowest BCUT2D eigenvalue weighted by Crippen LogP contribution is -2.33. The summed E-state index contributed by atoms with van der Waals surface area (Å²) in [5, 5.41) is 8.74. The van der Waals surface area contributed by atoms with Crippen LogP contribution in [0.4, 0.5) is 5.82 Å². The van der Waals surface area contributed by atoms with Gasteiger partial charge in [0.05, 0.1) is 12.2 Å². The topological polar surface area (TPSA) is 75.6 Å². The van der Waals surface area contributed by atoms with Crippen LogP contribution in [-0.4, -0.2) is 40.2 Å². The van der Waals surface area contributed by atoms with Crippen LogP contribution in [0.2, 0.25) is 0 Å².